The molecule has 4 rings (SSSR count). The number of rotatable bonds is 4. The first-order valence-electron chi connectivity index (χ1n) is 9.63. The summed E-state index contributed by atoms with van der Waals surface area (Å²) in [4.78, 5) is 14.8. The Morgan fingerprint density at radius 1 is 1.17 bits per heavy atom. The highest BCUT2D eigenvalue weighted by molar-refractivity contribution is 5.62. The minimum Gasteiger partial charge on any atom is -0.372 e. The maximum Gasteiger partial charge on any atom is 0.269 e. The zero-order valence-corrected chi connectivity index (χ0v) is 16.9. The Kier molecular flexibility index (Phi) is 5.33. The number of aryl methyl sites for hydroxylation is 1. The minimum atomic E-state index is -0.747. The quantitative estimate of drug-likeness (QED) is 0.647. The van der Waals surface area contributed by atoms with Crippen molar-refractivity contribution in [2.24, 2.45) is 7.05 Å². The van der Waals surface area contributed by atoms with Gasteiger partial charge in [-0.15, -0.1) is 5.10 Å². The van der Waals surface area contributed by atoms with E-state index < -0.39 is 11.6 Å². The van der Waals surface area contributed by atoms with Gasteiger partial charge in [0.2, 0.25) is 0 Å². The molecule has 158 valence electrons. The third kappa shape index (κ3) is 3.95. The van der Waals surface area contributed by atoms with Crippen LogP contribution >= 0.6 is 0 Å². The van der Waals surface area contributed by atoms with Gasteiger partial charge in [0, 0.05) is 37.8 Å². The fraction of sp³-hybridized carbons (Fsp3) is 0.400. The molecule has 0 spiro atoms. The van der Waals surface area contributed by atoms with Crippen molar-refractivity contribution in [2.75, 3.05) is 18.0 Å². The second-order valence-electron chi connectivity index (χ2n) is 7.50. The summed E-state index contributed by atoms with van der Waals surface area (Å²) in [6.45, 7) is 5.38. The first kappa shape index (κ1) is 20.1. The zero-order valence-electron chi connectivity index (χ0n) is 16.9. The van der Waals surface area contributed by atoms with Crippen LogP contribution in [0, 0.1) is 11.6 Å². The average Bonchev–Trinajstić information content (AvgIpc) is 3.03. The van der Waals surface area contributed by atoms with Crippen molar-refractivity contribution in [1.29, 1.82) is 0 Å². The molecule has 1 saturated heterocycles. The number of hydrogen-bond acceptors (Lipinski definition) is 6. The Bertz CT molecular complexity index is 1120. The smallest absolute Gasteiger partial charge is 0.269 e. The van der Waals surface area contributed by atoms with Gasteiger partial charge >= 0.3 is 0 Å². The van der Waals surface area contributed by atoms with Gasteiger partial charge in [-0.05, 0) is 26.0 Å². The van der Waals surface area contributed by atoms with Crippen LogP contribution in [-0.2, 0) is 18.3 Å². The molecule has 0 radical (unpaired) electrons. The molecule has 30 heavy (non-hydrogen) atoms. The largest absolute Gasteiger partial charge is 0.372 e. The fourth-order valence-electron chi connectivity index (χ4n) is 3.69. The van der Waals surface area contributed by atoms with Crippen LogP contribution in [0.5, 0.6) is 0 Å². The van der Waals surface area contributed by atoms with E-state index in [1.807, 2.05) is 13.8 Å². The molecule has 1 aliphatic rings. The maximum absolute atomic E-state index is 14.2. The number of morpholine rings is 1. The molecular weight excluding hydrogens is 394 g/mol. The van der Waals surface area contributed by atoms with Crippen LogP contribution in [0.3, 0.4) is 0 Å². The van der Waals surface area contributed by atoms with Crippen LogP contribution in [0.2, 0.25) is 0 Å². The lowest BCUT2D eigenvalue weighted by Gasteiger charge is -2.36. The van der Waals surface area contributed by atoms with Gasteiger partial charge in [0.05, 0.1) is 36.3 Å². The van der Waals surface area contributed by atoms with E-state index in [1.54, 1.807) is 13.2 Å². The monoisotopic (exact) mass is 416 g/mol. The average molecular weight is 416 g/mol. The number of halogens is 2. The summed E-state index contributed by atoms with van der Waals surface area (Å²) in [6, 6.07) is 4.77. The second kappa shape index (κ2) is 7.94. The highest BCUT2D eigenvalue weighted by Crippen LogP contribution is 2.25. The standard InChI is InChI=1S/C20H22F2N6O2/c1-12-9-27(10-13(2)30-12)15-7-19(29)28(23-8-15)11-18-20(24-25-26(18)3)16-5-4-14(21)6-17(16)22/h4-8,12-13H,9-11H2,1-3H3/t12-,13+. The number of anilines is 1. The number of nitrogens with zero attached hydrogens (tertiary/aromatic N) is 6. The molecule has 2 aromatic heterocycles. The van der Waals surface area contributed by atoms with Crippen molar-refractivity contribution < 1.29 is 13.5 Å². The van der Waals surface area contributed by atoms with E-state index in [4.69, 9.17) is 4.74 Å². The van der Waals surface area contributed by atoms with Crippen LogP contribution in [-0.4, -0.2) is 50.1 Å². The van der Waals surface area contributed by atoms with Gasteiger partial charge < -0.3 is 9.64 Å². The summed E-state index contributed by atoms with van der Waals surface area (Å²) in [5.41, 5.74) is 1.26. The predicted octanol–water partition coefficient (Wildman–Crippen LogP) is 1.98. The fourth-order valence-corrected chi connectivity index (χ4v) is 3.69. The van der Waals surface area contributed by atoms with Gasteiger partial charge in [0.25, 0.3) is 5.56 Å². The minimum absolute atomic E-state index is 0.0463. The van der Waals surface area contributed by atoms with E-state index in [0.29, 0.717) is 18.8 Å². The first-order valence-corrected chi connectivity index (χ1v) is 9.63. The molecule has 0 aliphatic carbocycles. The van der Waals surface area contributed by atoms with Crippen LogP contribution in [0.4, 0.5) is 14.5 Å². The van der Waals surface area contributed by atoms with Crippen molar-refractivity contribution in [3.63, 3.8) is 0 Å². The lowest BCUT2D eigenvalue weighted by molar-refractivity contribution is -0.00525. The van der Waals surface area contributed by atoms with Crippen LogP contribution < -0.4 is 10.5 Å². The van der Waals surface area contributed by atoms with Crippen molar-refractivity contribution in [1.82, 2.24) is 24.8 Å². The van der Waals surface area contributed by atoms with Crippen LogP contribution in [0.1, 0.15) is 19.5 Å². The lowest BCUT2D eigenvalue weighted by atomic mass is 10.1. The van der Waals surface area contributed by atoms with Gasteiger partial charge in [0.15, 0.2) is 0 Å². The number of ether oxygens (including phenoxy) is 1. The van der Waals surface area contributed by atoms with E-state index in [0.717, 1.165) is 17.8 Å². The molecule has 1 fully saturated rings. The third-order valence-electron chi connectivity index (χ3n) is 5.07. The maximum atomic E-state index is 14.2. The molecule has 3 aromatic rings. The van der Waals surface area contributed by atoms with E-state index in [9.17, 15) is 13.6 Å². The molecule has 8 nitrogen and oxygen atoms in total. The van der Waals surface area contributed by atoms with E-state index in [1.165, 1.54) is 21.5 Å². The SMILES string of the molecule is C[C@@H]1CN(c2cnn(Cc3c(-c4ccc(F)cc4F)nnn3C)c(=O)c2)C[C@H](C)O1. The van der Waals surface area contributed by atoms with Crippen LogP contribution in [0.15, 0.2) is 35.3 Å². The predicted molar refractivity (Wildman–Crippen MR) is 106 cm³/mol. The molecule has 1 aliphatic heterocycles. The highest BCUT2D eigenvalue weighted by Gasteiger charge is 2.23. The van der Waals surface area contributed by atoms with Gasteiger partial charge in [-0.2, -0.15) is 5.10 Å². The molecule has 3 heterocycles. The number of benzene rings is 1. The van der Waals surface area contributed by atoms with E-state index in [-0.39, 0.29) is 35.6 Å². The molecule has 0 bridgehead atoms. The zero-order chi connectivity index (χ0) is 21.4. The van der Waals surface area contributed by atoms with Crippen molar-refractivity contribution in [2.45, 2.75) is 32.6 Å². The number of hydrogen-bond donors (Lipinski definition) is 0. The van der Waals surface area contributed by atoms with Crippen molar-refractivity contribution in [3.05, 3.63) is 58.1 Å². The van der Waals surface area contributed by atoms with E-state index >= 15 is 0 Å². The van der Waals surface area contributed by atoms with Crippen LogP contribution in [0.25, 0.3) is 11.3 Å². The topological polar surface area (TPSA) is 78.1 Å². The Morgan fingerprint density at radius 3 is 2.57 bits per heavy atom. The van der Waals surface area contributed by atoms with Crippen molar-refractivity contribution in [3.8, 4) is 11.3 Å². The Hall–Kier alpha value is -3.14. The normalized spacial score (nSPS) is 19.3. The molecular formula is C20H22F2N6O2. The molecule has 10 heteroatoms. The lowest BCUT2D eigenvalue weighted by Crippen LogP contribution is -2.46. The van der Waals surface area contributed by atoms with Crippen molar-refractivity contribution >= 4 is 5.69 Å². The van der Waals surface area contributed by atoms with E-state index in [2.05, 4.69) is 20.3 Å². The third-order valence-corrected chi connectivity index (χ3v) is 5.07. The number of aromatic nitrogens is 5. The Balaban J connectivity index is 1.63. The molecule has 0 N–H and O–H groups in total. The summed E-state index contributed by atoms with van der Waals surface area (Å²) in [5, 5.41) is 12.2. The van der Waals surface area contributed by atoms with Gasteiger partial charge in [-0.3, -0.25) is 4.79 Å². The Labute approximate surface area is 171 Å². The highest BCUT2D eigenvalue weighted by atomic mass is 19.1. The first-order chi connectivity index (χ1) is 14.3. The molecule has 0 saturated carbocycles. The van der Waals surface area contributed by atoms with Gasteiger partial charge in [-0.25, -0.2) is 18.1 Å². The molecule has 0 unspecified atom stereocenters. The molecule has 1 aromatic carbocycles. The summed E-state index contributed by atoms with van der Waals surface area (Å²) < 4.78 is 36.0. The van der Waals surface area contributed by atoms with Gasteiger partial charge in [-0.1, -0.05) is 5.21 Å². The summed E-state index contributed by atoms with van der Waals surface area (Å²) in [7, 11) is 1.64. The Morgan fingerprint density at radius 2 is 1.90 bits per heavy atom. The van der Waals surface area contributed by atoms with Gasteiger partial charge in [0.1, 0.15) is 17.3 Å². The summed E-state index contributed by atoms with van der Waals surface area (Å²) in [6.07, 6.45) is 1.75. The summed E-state index contributed by atoms with van der Waals surface area (Å²) >= 11 is 0. The molecule has 0 amide bonds. The molecule has 2 atom stereocenters. The second-order valence-corrected chi connectivity index (χ2v) is 7.50. The summed E-state index contributed by atoms with van der Waals surface area (Å²) in [5.74, 6) is -1.43.